The second-order valence-electron chi connectivity index (χ2n) is 11.6. The molecular weight excluding hydrogens is 598 g/mol. The van der Waals surface area contributed by atoms with E-state index in [1.54, 1.807) is 36.4 Å². The van der Waals surface area contributed by atoms with Crippen molar-refractivity contribution < 1.29 is 22.7 Å². The molecule has 0 aromatic heterocycles. The lowest BCUT2D eigenvalue weighted by Gasteiger charge is -2.34. The summed E-state index contributed by atoms with van der Waals surface area (Å²) >= 11 is 0. The van der Waals surface area contributed by atoms with Gasteiger partial charge in [-0.05, 0) is 67.3 Å². The zero-order valence-electron chi connectivity index (χ0n) is 26.9. The fourth-order valence-electron chi connectivity index (χ4n) is 5.00. The number of amides is 2. The minimum Gasteiger partial charge on any atom is -0.494 e. The number of hydrogen-bond donors (Lipinski definition) is 1. The molecule has 1 N–H and O–H groups in total. The molecule has 0 saturated carbocycles. The molecule has 0 aliphatic carbocycles. The van der Waals surface area contributed by atoms with Crippen LogP contribution >= 0.6 is 0 Å². The Kier molecular flexibility index (Phi) is 12.0. The van der Waals surface area contributed by atoms with Gasteiger partial charge in [-0.25, -0.2) is 8.42 Å². The van der Waals surface area contributed by atoms with Gasteiger partial charge in [-0.1, -0.05) is 92.2 Å². The highest BCUT2D eigenvalue weighted by Gasteiger charge is 2.34. The van der Waals surface area contributed by atoms with Crippen LogP contribution in [-0.4, -0.2) is 50.9 Å². The van der Waals surface area contributed by atoms with Gasteiger partial charge in [0.25, 0.3) is 10.0 Å². The summed E-state index contributed by atoms with van der Waals surface area (Å²) in [5.74, 6) is -0.0139. The molecule has 0 fully saturated rings. The summed E-state index contributed by atoms with van der Waals surface area (Å²) in [5.41, 5.74) is 2.92. The van der Waals surface area contributed by atoms with Gasteiger partial charge in [0.15, 0.2) is 0 Å². The van der Waals surface area contributed by atoms with Crippen molar-refractivity contribution in [2.75, 3.05) is 24.0 Å². The van der Waals surface area contributed by atoms with E-state index in [1.807, 2.05) is 88.4 Å². The molecule has 0 bridgehead atoms. The number of benzene rings is 4. The zero-order chi connectivity index (χ0) is 33.1. The first-order valence-corrected chi connectivity index (χ1v) is 17.0. The topological polar surface area (TPSA) is 96.0 Å². The van der Waals surface area contributed by atoms with Crippen molar-refractivity contribution in [2.24, 2.45) is 5.92 Å². The highest BCUT2D eigenvalue weighted by molar-refractivity contribution is 7.92. The largest absolute Gasteiger partial charge is 0.494 e. The Hall–Kier alpha value is -4.63. The molecule has 4 rings (SSSR count). The predicted octanol–water partition coefficient (Wildman–Crippen LogP) is 6.00. The molecule has 0 heterocycles. The van der Waals surface area contributed by atoms with Crippen LogP contribution in [0.15, 0.2) is 114 Å². The number of rotatable bonds is 15. The second-order valence-corrected chi connectivity index (χ2v) is 13.5. The third-order valence-electron chi connectivity index (χ3n) is 7.47. The van der Waals surface area contributed by atoms with Crippen LogP contribution in [0, 0.1) is 12.8 Å². The summed E-state index contributed by atoms with van der Waals surface area (Å²) in [6.07, 6.45) is 0.261. The molecule has 46 heavy (non-hydrogen) atoms. The summed E-state index contributed by atoms with van der Waals surface area (Å²) in [4.78, 5) is 29.9. The summed E-state index contributed by atoms with van der Waals surface area (Å²) < 4.78 is 35.1. The standard InChI is InChI=1S/C37H43N3O5S/c1-5-45-33-20-18-32(19-21-33)40(46(43,44)34-22-16-29(4)17-23-34)27-36(41)39(26-31-14-10-7-11-15-31)35(37(42)38-25-28(2)3)24-30-12-8-6-9-13-30/h6-23,28,35H,5,24-27H2,1-4H3,(H,38,42)/t35-/m1/s1. The normalized spacial score (nSPS) is 11.9. The van der Waals surface area contributed by atoms with Gasteiger partial charge >= 0.3 is 0 Å². The lowest BCUT2D eigenvalue weighted by atomic mass is 10.0. The van der Waals surface area contributed by atoms with Crippen LogP contribution in [0.5, 0.6) is 5.75 Å². The molecule has 242 valence electrons. The summed E-state index contributed by atoms with van der Waals surface area (Å²) in [6.45, 7) is 8.26. The average molecular weight is 642 g/mol. The molecule has 0 unspecified atom stereocenters. The third kappa shape index (κ3) is 9.20. The lowest BCUT2D eigenvalue weighted by molar-refractivity contribution is -0.140. The lowest BCUT2D eigenvalue weighted by Crippen LogP contribution is -2.53. The first-order valence-electron chi connectivity index (χ1n) is 15.6. The van der Waals surface area contributed by atoms with Crippen molar-refractivity contribution >= 4 is 27.5 Å². The summed E-state index contributed by atoms with van der Waals surface area (Å²) in [7, 11) is -4.18. The van der Waals surface area contributed by atoms with Gasteiger partial charge in [-0.3, -0.25) is 13.9 Å². The van der Waals surface area contributed by atoms with E-state index in [9.17, 15) is 18.0 Å². The van der Waals surface area contributed by atoms with E-state index in [-0.39, 0.29) is 29.7 Å². The third-order valence-corrected chi connectivity index (χ3v) is 9.26. The van der Waals surface area contributed by atoms with Crippen LogP contribution in [0.2, 0.25) is 0 Å². The van der Waals surface area contributed by atoms with Gasteiger partial charge in [0.2, 0.25) is 11.8 Å². The summed E-state index contributed by atoms with van der Waals surface area (Å²) in [5, 5.41) is 3.01. The van der Waals surface area contributed by atoms with Gasteiger partial charge in [0.1, 0.15) is 18.3 Å². The highest BCUT2D eigenvalue weighted by Crippen LogP contribution is 2.27. The fraction of sp³-hybridized carbons (Fsp3) is 0.297. The van der Waals surface area contributed by atoms with E-state index < -0.39 is 28.5 Å². The average Bonchev–Trinajstić information content (AvgIpc) is 3.05. The molecule has 4 aromatic rings. The second kappa shape index (κ2) is 16.1. The molecule has 8 nitrogen and oxygen atoms in total. The first kappa shape index (κ1) is 34.2. The number of carbonyl (C=O) groups excluding carboxylic acids is 2. The maximum Gasteiger partial charge on any atom is 0.264 e. The number of nitrogens with one attached hydrogen (secondary N) is 1. The molecule has 1 atom stereocenters. The van der Waals surface area contributed by atoms with Crippen molar-refractivity contribution in [3.63, 3.8) is 0 Å². The Balaban J connectivity index is 1.78. The van der Waals surface area contributed by atoms with E-state index in [0.29, 0.717) is 24.6 Å². The van der Waals surface area contributed by atoms with Gasteiger partial charge in [0, 0.05) is 19.5 Å². The SMILES string of the molecule is CCOc1ccc(N(CC(=O)N(Cc2ccccc2)[C@H](Cc2ccccc2)C(=O)NCC(C)C)S(=O)(=O)c2ccc(C)cc2)cc1. The Morgan fingerprint density at radius 1 is 0.804 bits per heavy atom. The van der Waals surface area contributed by atoms with E-state index >= 15 is 0 Å². The highest BCUT2D eigenvalue weighted by atomic mass is 32.2. The summed E-state index contributed by atoms with van der Waals surface area (Å²) in [6, 6.07) is 31.2. The number of anilines is 1. The maximum atomic E-state index is 14.5. The zero-order valence-corrected chi connectivity index (χ0v) is 27.7. The van der Waals surface area contributed by atoms with Crippen molar-refractivity contribution in [2.45, 2.75) is 51.6 Å². The first-order chi connectivity index (χ1) is 22.1. The maximum absolute atomic E-state index is 14.5. The Morgan fingerprint density at radius 2 is 1.39 bits per heavy atom. The molecule has 2 amide bonds. The Morgan fingerprint density at radius 3 is 1.96 bits per heavy atom. The van der Waals surface area contributed by atoms with Crippen LogP contribution in [0.4, 0.5) is 5.69 Å². The Bertz CT molecular complexity index is 1660. The molecular formula is C37H43N3O5S. The Labute approximate surface area is 273 Å². The predicted molar refractivity (Wildman–Crippen MR) is 182 cm³/mol. The quantitative estimate of drug-likeness (QED) is 0.172. The minimum absolute atomic E-state index is 0.0601. The van der Waals surface area contributed by atoms with Crippen molar-refractivity contribution in [3.05, 3.63) is 126 Å². The molecule has 4 aromatic carbocycles. The van der Waals surface area contributed by atoms with Crippen LogP contribution < -0.4 is 14.4 Å². The van der Waals surface area contributed by atoms with E-state index in [0.717, 1.165) is 21.0 Å². The molecule has 0 radical (unpaired) electrons. The van der Waals surface area contributed by atoms with Gasteiger partial charge in [-0.2, -0.15) is 0 Å². The van der Waals surface area contributed by atoms with Crippen molar-refractivity contribution in [1.82, 2.24) is 10.2 Å². The monoisotopic (exact) mass is 641 g/mol. The number of hydrogen-bond acceptors (Lipinski definition) is 5. The van der Waals surface area contributed by atoms with Gasteiger partial charge in [0.05, 0.1) is 17.2 Å². The van der Waals surface area contributed by atoms with Crippen molar-refractivity contribution in [3.8, 4) is 5.75 Å². The smallest absolute Gasteiger partial charge is 0.264 e. The number of ether oxygens (including phenoxy) is 1. The number of aryl methyl sites for hydroxylation is 1. The number of sulfonamides is 1. The van der Waals surface area contributed by atoms with E-state index in [1.165, 1.54) is 17.0 Å². The van der Waals surface area contributed by atoms with Gasteiger partial charge < -0.3 is 15.0 Å². The van der Waals surface area contributed by atoms with Crippen LogP contribution in [0.1, 0.15) is 37.5 Å². The van der Waals surface area contributed by atoms with E-state index in [2.05, 4.69) is 5.32 Å². The number of carbonyl (C=O) groups is 2. The molecule has 0 saturated heterocycles. The fourth-order valence-corrected chi connectivity index (χ4v) is 6.41. The van der Waals surface area contributed by atoms with Gasteiger partial charge in [-0.15, -0.1) is 0 Å². The number of nitrogens with zero attached hydrogens (tertiary/aromatic N) is 2. The minimum atomic E-state index is -4.18. The molecule has 0 aliphatic heterocycles. The molecule has 0 spiro atoms. The molecule has 9 heteroatoms. The van der Waals surface area contributed by atoms with Crippen molar-refractivity contribution in [1.29, 1.82) is 0 Å². The molecule has 0 aliphatic rings. The van der Waals surface area contributed by atoms with Crippen LogP contribution in [0.25, 0.3) is 0 Å². The van der Waals surface area contributed by atoms with E-state index in [4.69, 9.17) is 4.74 Å². The van der Waals surface area contributed by atoms with Crippen LogP contribution in [-0.2, 0) is 32.6 Å². The van der Waals surface area contributed by atoms with Crippen LogP contribution in [0.3, 0.4) is 0 Å².